The topological polar surface area (TPSA) is 79.0 Å². The molecule has 1 aliphatic heterocycles. The van der Waals surface area contributed by atoms with E-state index in [9.17, 15) is 14.4 Å². The Morgan fingerprint density at radius 1 is 1.06 bits per heavy atom. The van der Waals surface area contributed by atoms with Gasteiger partial charge in [-0.05, 0) is 48.2 Å². The van der Waals surface area contributed by atoms with E-state index >= 15 is 0 Å². The van der Waals surface area contributed by atoms with E-state index in [4.69, 9.17) is 4.74 Å². The van der Waals surface area contributed by atoms with Crippen LogP contribution in [-0.2, 0) is 21.7 Å². The van der Waals surface area contributed by atoms with Gasteiger partial charge in [-0.3, -0.25) is 14.5 Å². The van der Waals surface area contributed by atoms with Crippen molar-refractivity contribution < 1.29 is 19.1 Å². The van der Waals surface area contributed by atoms with Gasteiger partial charge in [0.15, 0.2) is 0 Å². The maximum atomic E-state index is 13.3. The number of methoxy groups -OCH3 is 1. The normalized spacial score (nSPS) is 17.9. The van der Waals surface area contributed by atoms with Gasteiger partial charge in [0.1, 0.15) is 17.8 Å². The van der Waals surface area contributed by atoms with Crippen LogP contribution in [0.3, 0.4) is 0 Å². The average Bonchev–Trinajstić information content (AvgIpc) is 3.41. The zero-order chi connectivity index (χ0) is 22.7. The highest BCUT2D eigenvalue weighted by molar-refractivity contribution is 7.09. The number of hydrogen-bond acceptors (Lipinski definition) is 5. The molecule has 1 N–H and O–H groups in total. The van der Waals surface area contributed by atoms with Gasteiger partial charge in [0.05, 0.1) is 13.7 Å². The number of urea groups is 1. The molecule has 32 heavy (non-hydrogen) atoms. The summed E-state index contributed by atoms with van der Waals surface area (Å²) in [5.41, 5.74) is 0.109. The molecule has 7 nitrogen and oxygen atoms in total. The maximum Gasteiger partial charge on any atom is 0.325 e. The lowest BCUT2D eigenvalue weighted by Crippen LogP contribution is -2.44. The van der Waals surface area contributed by atoms with Crippen LogP contribution in [0.5, 0.6) is 5.75 Å². The standard InChI is InChI=1S/C24H23N3O4S/c1-24(17-7-4-3-5-8-17)22(29)27(23(30)25-24)16-21(28)26(15-20-9-6-14-32-20)18-10-12-19(31-2)13-11-18/h3-14H,15-16H2,1-2H3,(H,25,30)/t24-/m0/s1. The highest BCUT2D eigenvalue weighted by atomic mass is 32.1. The van der Waals surface area contributed by atoms with Crippen LogP contribution in [0.2, 0.25) is 0 Å². The van der Waals surface area contributed by atoms with Gasteiger partial charge in [0.2, 0.25) is 5.91 Å². The number of carbonyl (C=O) groups excluding carboxylic acids is 3. The van der Waals surface area contributed by atoms with Crippen molar-refractivity contribution in [1.82, 2.24) is 10.2 Å². The monoisotopic (exact) mass is 449 g/mol. The Labute approximate surface area is 190 Å². The van der Waals surface area contributed by atoms with Crippen LogP contribution in [0.25, 0.3) is 0 Å². The fourth-order valence-electron chi connectivity index (χ4n) is 3.67. The van der Waals surface area contributed by atoms with Crippen molar-refractivity contribution in [3.63, 3.8) is 0 Å². The highest BCUT2D eigenvalue weighted by Crippen LogP contribution is 2.29. The van der Waals surface area contributed by atoms with Gasteiger partial charge in [-0.25, -0.2) is 4.79 Å². The lowest BCUT2D eigenvalue weighted by molar-refractivity contribution is -0.134. The fraction of sp³-hybridized carbons (Fsp3) is 0.208. The van der Waals surface area contributed by atoms with Crippen molar-refractivity contribution >= 4 is 34.9 Å². The predicted octanol–water partition coefficient (Wildman–Crippen LogP) is 3.76. The molecule has 1 fully saturated rings. The summed E-state index contributed by atoms with van der Waals surface area (Å²) in [6.07, 6.45) is 0. The summed E-state index contributed by atoms with van der Waals surface area (Å²) >= 11 is 1.53. The number of amides is 4. The number of nitrogens with one attached hydrogen (secondary N) is 1. The zero-order valence-corrected chi connectivity index (χ0v) is 18.6. The Morgan fingerprint density at radius 3 is 2.41 bits per heavy atom. The third kappa shape index (κ3) is 4.09. The van der Waals surface area contributed by atoms with E-state index in [1.807, 2.05) is 23.6 Å². The number of rotatable bonds is 7. The first kappa shape index (κ1) is 21.6. The molecule has 4 rings (SSSR count). The van der Waals surface area contributed by atoms with Crippen molar-refractivity contribution in [2.45, 2.75) is 19.0 Å². The number of benzene rings is 2. The molecule has 0 spiro atoms. The average molecular weight is 450 g/mol. The van der Waals surface area contributed by atoms with E-state index in [2.05, 4.69) is 5.32 Å². The SMILES string of the molecule is COc1ccc(N(Cc2cccs2)C(=O)CN2C(=O)N[C@@](C)(c3ccccc3)C2=O)cc1. The molecular weight excluding hydrogens is 426 g/mol. The highest BCUT2D eigenvalue weighted by Gasteiger charge is 2.49. The Balaban J connectivity index is 1.58. The van der Waals surface area contributed by atoms with Crippen LogP contribution >= 0.6 is 11.3 Å². The fourth-order valence-corrected chi connectivity index (χ4v) is 4.37. The second-order valence-electron chi connectivity index (χ2n) is 7.57. The molecule has 164 valence electrons. The largest absolute Gasteiger partial charge is 0.497 e. The molecule has 1 aromatic heterocycles. The van der Waals surface area contributed by atoms with Crippen LogP contribution in [-0.4, -0.2) is 36.4 Å². The molecule has 2 heterocycles. The third-order valence-corrected chi connectivity index (χ3v) is 6.36. The van der Waals surface area contributed by atoms with Gasteiger partial charge in [-0.2, -0.15) is 0 Å². The summed E-state index contributed by atoms with van der Waals surface area (Å²) < 4.78 is 5.21. The van der Waals surface area contributed by atoms with Gasteiger partial charge >= 0.3 is 6.03 Å². The summed E-state index contributed by atoms with van der Waals surface area (Å²) in [5, 5.41) is 4.68. The van der Waals surface area contributed by atoms with Crippen LogP contribution in [0.15, 0.2) is 72.1 Å². The molecule has 2 aromatic carbocycles. The Morgan fingerprint density at radius 2 is 1.78 bits per heavy atom. The summed E-state index contributed by atoms with van der Waals surface area (Å²) in [6.45, 7) is 1.63. The molecule has 3 aromatic rings. The molecule has 0 unspecified atom stereocenters. The quantitative estimate of drug-likeness (QED) is 0.557. The van der Waals surface area contributed by atoms with Crippen LogP contribution in [0.1, 0.15) is 17.4 Å². The number of anilines is 1. The second kappa shape index (κ2) is 8.84. The summed E-state index contributed by atoms with van der Waals surface area (Å²) in [6, 6.07) is 19.4. The number of nitrogens with zero attached hydrogens (tertiary/aromatic N) is 2. The molecule has 0 radical (unpaired) electrons. The van der Waals surface area contributed by atoms with Crippen LogP contribution in [0, 0.1) is 0 Å². The lowest BCUT2D eigenvalue weighted by Gasteiger charge is -2.25. The first-order chi connectivity index (χ1) is 15.4. The molecule has 1 saturated heterocycles. The molecule has 0 saturated carbocycles. The van der Waals surface area contributed by atoms with Gasteiger partial charge in [0.25, 0.3) is 5.91 Å². The van der Waals surface area contributed by atoms with Crippen molar-refractivity contribution in [2.24, 2.45) is 0 Å². The molecule has 8 heteroatoms. The summed E-state index contributed by atoms with van der Waals surface area (Å²) in [5.74, 6) is -0.137. The van der Waals surface area contributed by atoms with E-state index in [0.29, 0.717) is 23.5 Å². The Bertz CT molecular complexity index is 1120. The smallest absolute Gasteiger partial charge is 0.325 e. The van der Waals surface area contributed by atoms with Gasteiger partial charge in [-0.1, -0.05) is 36.4 Å². The van der Waals surface area contributed by atoms with Crippen LogP contribution in [0.4, 0.5) is 10.5 Å². The molecule has 4 amide bonds. The van der Waals surface area contributed by atoms with Gasteiger partial charge < -0.3 is 15.0 Å². The number of thiophene rings is 1. The van der Waals surface area contributed by atoms with E-state index in [1.165, 1.54) is 11.3 Å². The minimum Gasteiger partial charge on any atom is -0.497 e. The first-order valence-corrected chi connectivity index (χ1v) is 11.0. The minimum absolute atomic E-state index is 0.336. The summed E-state index contributed by atoms with van der Waals surface area (Å²) in [7, 11) is 1.57. The van der Waals surface area contributed by atoms with Crippen molar-refractivity contribution in [1.29, 1.82) is 0 Å². The number of imide groups is 1. The number of carbonyl (C=O) groups is 3. The van der Waals surface area contributed by atoms with Crippen LogP contribution < -0.4 is 15.0 Å². The Kier molecular flexibility index (Phi) is 5.96. The lowest BCUT2D eigenvalue weighted by atomic mass is 9.92. The van der Waals surface area contributed by atoms with E-state index in [1.54, 1.807) is 67.5 Å². The molecule has 1 aliphatic rings. The Hall–Kier alpha value is -3.65. The second-order valence-corrected chi connectivity index (χ2v) is 8.60. The molecule has 1 atom stereocenters. The molecular formula is C24H23N3O4S. The van der Waals surface area contributed by atoms with E-state index in [-0.39, 0.29) is 12.5 Å². The molecule has 0 aliphatic carbocycles. The van der Waals surface area contributed by atoms with E-state index < -0.39 is 17.5 Å². The summed E-state index contributed by atoms with van der Waals surface area (Å²) in [4.78, 5) is 42.8. The first-order valence-electron chi connectivity index (χ1n) is 10.1. The maximum absolute atomic E-state index is 13.3. The third-order valence-electron chi connectivity index (χ3n) is 5.50. The van der Waals surface area contributed by atoms with Crippen molar-refractivity contribution in [3.05, 3.63) is 82.6 Å². The van der Waals surface area contributed by atoms with Gasteiger partial charge in [0, 0.05) is 10.6 Å². The van der Waals surface area contributed by atoms with Gasteiger partial charge in [-0.15, -0.1) is 11.3 Å². The molecule has 0 bridgehead atoms. The van der Waals surface area contributed by atoms with E-state index in [0.717, 1.165) is 9.78 Å². The number of ether oxygens (including phenoxy) is 1. The predicted molar refractivity (Wildman–Crippen MR) is 123 cm³/mol. The number of hydrogen-bond donors (Lipinski definition) is 1. The minimum atomic E-state index is -1.21. The van der Waals surface area contributed by atoms with Crippen molar-refractivity contribution in [2.75, 3.05) is 18.6 Å². The van der Waals surface area contributed by atoms with Crippen molar-refractivity contribution in [3.8, 4) is 5.75 Å². The zero-order valence-electron chi connectivity index (χ0n) is 17.8.